The second-order valence-corrected chi connectivity index (χ2v) is 9.12. The first-order valence-electron chi connectivity index (χ1n) is 10.9. The number of carbonyl (C=O) groups excluding carboxylic acids is 2. The topological polar surface area (TPSA) is 174 Å². The summed E-state index contributed by atoms with van der Waals surface area (Å²) in [5.74, 6) is -1.95. The number of carbonyl (C=O) groups is 3. The third-order valence-electron chi connectivity index (χ3n) is 5.77. The third-order valence-corrected chi connectivity index (χ3v) is 6.93. The number of thiophene rings is 1. The number of hydrogen-bond donors (Lipinski definition) is 4. The van der Waals surface area contributed by atoms with Crippen molar-refractivity contribution >= 4 is 57.5 Å². The van der Waals surface area contributed by atoms with Crippen LogP contribution in [0.3, 0.4) is 0 Å². The molecule has 1 aliphatic heterocycles. The van der Waals surface area contributed by atoms with Gasteiger partial charge in [0.15, 0.2) is 6.61 Å². The molecule has 1 amide bonds. The van der Waals surface area contributed by atoms with Gasteiger partial charge in [-0.1, -0.05) is 12.5 Å². The second kappa shape index (κ2) is 11.5. The van der Waals surface area contributed by atoms with Crippen molar-refractivity contribution in [3.05, 3.63) is 50.4 Å². The van der Waals surface area contributed by atoms with E-state index >= 15 is 0 Å². The molecule has 0 fully saturated rings. The number of benzene rings is 1. The second-order valence-electron chi connectivity index (χ2n) is 8.03. The Morgan fingerprint density at radius 3 is 2.78 bits per heavy atom. The number of carboxylic acid groups (broad SMARTS) is 1. The number of aromatic carboxylic acids is 1. The first kappa shape index (κ1) is 27.1. The highest BCUT2D eigenvalue weighted by atomic mass is 35.5. The predicted molar refractivity (Wildman–Crippen MR) is 135 cm³/mol. The lowest BCUT2D eigenvalue weighted by atomic mass is 9.94. The van der Waals surface area contributed by atoms with E-state index < -0.39 is 17.4 Å². The molecule has 1 aromatic carbocycles. The lowest BCUT2D eigenvalue weighted by Gasteiger charge is -2.18. The molecule has 5 N–H and O–H groups in total. The smallest absolute Gasteiger partial charge is 0.372 e. The van der Waals surface area contributed by atoms with Crippen molar-refractivity contribution in [3.8, 4) is 5.75 Å². The lowest BCUT2D eigenvalue weighted by Crippen LogP contribution is -2.25. The number of nitrogens with zero attached hydrogens (tertiary/aromatic N) is 1. The normalized spacial score (nSPS) is 16.1. The van der Waals surface area contributed by atoms with Gasteiger partial charge in [0.1, 0.15) is 10.6 Å². The number of H-pyrrole nitrogens is 1. The maximum absolute atomic E-state index is 12.3. The molecule has 3 aromatic rings. The molecule has 0 saturated carbocycles. The van der Waals surface area contributed by atoms with Crippen LogP contribution in [0.1, 0.15) is 51.8 Å². The van der Waals surface area contributed by atoms with Crippen LogP contribution < -0.4 is 21.3 Å². The molecule has 1 aliphatic carbocycles. The minimum absolute atomic E-state index is 0. The van der Waals surface area contributed by atoms with Crippen molar-refractivity contribution in [3.63, 3.8) is 0 Å². The Morgan fingerprint density at radius 1 is 1.31 bits per heavy atom. The summed E-state index contributed by atoms with van der Waals surface area (Å²) in [7, 11) is 1.33. The molecular formula is C23H25ClN4O7S. The average Bonchev–Trinajstić information content (AvgIpc) is 3.09. The van der Waals surface area contributed by atoms with Gasteiger partial charge in [-0.05, 0) is 42.5 Å². The van der Waals surface area contributed by atoms with Crippen LogP contribution >= 0.6 is 23.7 Å². The Morgan fingerprint density at radius 2 is 2.08 bits per heavy atom. The number of rotatable bonds is 3. The number of carboxylic acids is 1. The molecule has 13 heteroatoms. The van der Waals surface area contributed by atoms with Crippen molar-refractivity contribution in [1.29, 1.82) is 0 Å². The van der Waals surface area contributed by atoms with Gasteiger partial charge in [-0.2, -0.15) is 0 Å². The number of methoxy groups -OCH3 is 1. The lowest BCUT2D eigenvalue weighted by molar-refractivity contribution is -0.142. The van der Waals surface area contributed by atoms with E-state index in [9.17, 15) is 19.2 Å². The number of esters is 1. The number of halogens is 1. The van der Waals surface area contributed by atoms with Gasteiger partial charge in [-0.25, -0.2) is 9.78 Å². The number of aromatic amines is 1. The van der Waals surface area contributed by atoms with E-state index in [4.69, 9.17) is 20.3 Å². The number of fused-ring (bicyclic) bond motifs is 4. The SMILES string of the molecule is COC(=O)C1CCCCc2sc3nc(C(=O)O)[nH]c(=O)c3c21.Cl.NCc1ccc2c(c1)NC(=O)CO2. The highest BCUT2D eigenvalue weighted by Crippen LogP contribution is 2.39. The van der Waals surface area contributed by atoms with Crippen molar-refractivity contribution in [2.24, 2.45) is 5.73 Å². The fourth-order valence-electron chi connectivity index (χ4n) is 4.14. The number of nitrogens with two attached hydrogens (primary N) is 1. The van der Waals surface area contributed by atoms with E-state index in [1.165, 1.54) is 18.4 Å². The van der Waals surface area contributed by atoms with Crippen molar-refractivity contribution in [2.75, 3.05) is 19.0 Å². The first-order chi connectivity index (χ1) is 16.8. The van der Waals surface area contributed by atoms with Crippen LogP contribution in [-0.4, -0.2) is 46.6 Å². The maximum Gasteiger partial charge on any atom is 0.372 e. The van der Waals surface area contributed by atoms with Crippen LogP contribution in [0.15, 0.2) is 23.0 Å². The minimum atomic E-state index is -1.29. The summed E-state index contributed by atoms with van der Waals surface area (Å²) < 4.78 is 10.0. The van der Waals surface area contributed by atoms with Gasteiger partial charge in [-0.15, -0.1) is 23.7 Å². The molecule has 2 aromatic heterocycles. The Balaban J connectivity index is 0.000000221. The summed E-state index contributed by atoms with van der Waals surface area (Å²) in [6, 6.07) is 5.53. The monoisotopic (exact) mass is 536 g/mol. The van der Waals surface area contributed by atoms with E-state index in [0.29, 0.717) is 40.2 Å². The first-order valence-corrected chi connectivity index (χ1v) is 11.8. The molecule has 3 heterocycles. The third kappa shape index (κ3) is 5.50. The van der Waals surface area contributed by atoms with Gasteiger partial charge in [0.2, 0.25) is 5.82 Å². The Labute approximate surface area is 215 Å². The summed E-state index contributed by atoms with van der Waals surface area (Å²) in [5, 5.41) is 12.0. The van der Waals surface area contributed by atoms with Gasteiger partial charge in [0, 0.05) is 11.4 Å². The molecule has 1 unspecified atom stereocenters. The summed E-state index contributed by atoms with van der Waals surface area (Å²) in [6.07, 6.45) is 3.16. The summed E-state index contributed by atoms with van der Waals surface area (Å²) in [6.45, 7) is 0.554. The van der Waals surface area contributed by atoms with E-state index in [0.717, 1.165) is 29.7 Å². The zero-order valence-corrected chi connectivity index (χ0v) is 20.9. The number of amides is 1. The molecule has 11 nitrogen and oxygen atoms in total. The molecule has 5 rings (SSSR count). The van der Waals surface area contributed by atoms with E-state index in [-0.39, 0.29) is 36.7 Å². The summed E-state index contributed by atoms with van der Waals surface area (Å²) in [4.78, 5) is 53.9. The van der Waals surface area contributed by atoms with E-state index in [2.05, 4.69) is 15.3 Å². The molecular weight excluding hydrogens is 512 g/mol. The van der Waals surface area contributed by atoms with Crippen molar-refractivity contribution in [1.82, 2.24) is 9.97 Å². The fourth-order valence-corrected chi connectivity index (χ4v) is 5.42. The summed E-state index contributed by atoms with van der Waals surface area (Å²) in [5.41, 5.74) is 7.29. The number of anilines is 1. The van der Waals surface area contributed by atoms with Crippen LogP contribution in [0.5, 0.6) is 5.75 Å². The molecule has 0 saturated heterocycles. The van der Waals surface area contributed by atoms with Crippen LogP contribution in [0.4, 0.5) is 5.69 Å². The predicted octanol–water partition coefficient (Wildman–Crippen LogP) is 2.56. The van der Waals surface area contributed by atoms with Gasteiger partial charge < -0.3 is 30.6 Å². The van der Waals surface area contributed by atoms with E-state index in [1.54, 1.807) is 0 Å². The number of hydrogen-bond acceptors (Lipinski definition) is 9. The Hall–Kier alpha value is -3.48. The average molecular weight is 537 g/mol. The van der Waals surface area contributed by atoms with Crippen LogP contribution in [0.2, 0.25) is 0 Å². The van der Waals surface area contributed by atoms with Crippen LogP contribution in [-0.2, 0) is 27.3 Å². The standard InChI is InChI=1S/C14H14N2O5S.C9H10N2O2.ClH/c1-21-14(20)6-4-2-3-5-7-8(6)9-11(17)15-10(13(18)19)16-12(9)22-7;10-4-6-1-2-8-7(3-6)11-9(12)5-13-8;/h6H,2-5H2,1H3,(H,18,19)(H,15,16,17);1-3H,4-5,10H2,(H,11,12);1H. The van der Waals surface area contributed by atoms with E-state index in [1.807, 2.05) is 18.2 Å². The van der Waals surface area contributed by atoms with Gasteiger partial charge in [-0.3, -0.25) is 14.4 Å². The molecule has 1 atom stereocenters. The van der Waals surface area contributed by atoms with Crippen LogP contribution in [0.25, 0.3) is 10.2 Å². The number of ether oxygens (including phenoxy) is 2. The van der Waals surface area contributed by atoms with Crippen molar-refractivity contribution < 1.29 is 29.0 Å². The van der Waals surface area contributed by atoms with Gasteiger partial charge in [0.25, 0.3) is 11.5 Å². The molecule has 0 spiro atoms. The number of aryl methyl sites for hydroxylation is 1. The quantitative estimate of drug-likeness (QED) is 0.289. The van der Waals surface area contributed by atoms with Gasteiger partial charge >= 0.3 is 11.9 Å². The highest BCUT2D eigenvalue weighted by Gasteiger charge is 2.31. The number of aromatic nitrogens is 2. The largest absolute Gasteiger partial charge is 0.482 e. The number of nitrogens with one attached hydrogen (secondary N) is 2. The van der Waals surface area contributed by atoms with Crippen LogP contribution in [0, 0.1) is 0 Å². The zero-order valence-electron chi connectivity index (χ0n) is 19.3. The highest BCUT2D eigenvalue weighted by molar-refractivity contribution is 7.18. The molecule has 0 radical (unpaired) electrons. The maximum atomic E-state index is 12.3. The molecule has 0 bridgehead atoms. The summed E-state index contributed by atoms with van der Waals surface area (Å²) >= 11 is 1.29. The van der Waals surface area contributed by atoms with Gasteiger partial charge in [0.05, 0.1) is 24.1 Å². The fraction of sp³-hybridized carbons (Fsp3) is 0.348. The van der Waals surface area contributed by atoms with Crippen molar-refractivity contribution in [2.45, 2.75) is 38.1 Å². The Kier molecular flexibility index (Phi) is 8.66. The zero-order chi connectivity index (χ0) is 25.1. The minimum Gasteiger partial charge on any atom is -0.482 e. The molecule has 2 aliphatic rings. The molecule has 192 valence electrons. The molecule has 36 heavy (non-hydrogen) atoms. The Bertz CT molecular complexity index is 1370.